The van der Waals surface area contributed by atoms with Crippen molar-refractivity contribution in [2.45, 2.75) is 44.6 Å². The van der Waals surface area contributed by atoms with Crippen LogP contribution in [0.3, 0.4) is 0 Å². The molecule has 29 heavy (non-hydrogen) atoms. The number of ether oxygens (including phenoxy) is 1. The van der Waals surface area contributed by atoms with E-state index in [-0.39, 0.29) is 6.10 Å². The maximum absolute atomic E-state index is 6.11. The Kier molecular flexibility index (Phi) is 5.20. The maximum Gasteiger partial charge on any atom is 0.194 e. The van der Waals surface area contributed by atoms with Crippen molar-refractivity contribution in [3.63, 3.8) is 0 Å². The zero-order chi connectivity index (χ0) is 19.6. The van der Waals surface area contributed by atoms with Gasteiger partial charge in [0.05, 0.1) is 25.3 Å². The Morgan fingerprint density at radius 1 is 1.21 bits per heavy atom. The van der Waals surface area contributed by atoms with E-state index in [1.54, 1.807) is 0 Å². The van der Waals surface area contributed by atoms with Crippen LogP contribution in [0.4, 0.5) is 0 Å². The van der Waals surface area contributed by atoms with Crippen molar-refractivity contribution < 1.29 is 4.74 Å². The molecule has 0 radical (unpaired) electrons. The molecule has 1 aromatic heterocycles. The van der Waals surface area contributed by atoms with Crippen molar-refractivity contribution >= 4 is 5.96 Å². The Hall–Kier alpha value is -2.45. The second-order valence-corrected chi connectivity index (χ2v) is 8.03. The number of hydrogen-bond acceptors (Lipinski definition) is 5. The summed E-state index contributed by atoms with van der Waals surface area (Å²) < 4.78 is 8.34. The minimum atomic E-state index is 0.225. The summed E-state index contributed by atoms with van der Waals surface area (Å²) in [5.74, 6) is 3.02. The number of guanidine groups is 1. The summed E-state index contributed by atoms with van der Waals surface area (Å²) in [5, 5.41) is 12.1. The lowest BCUT2D eigenvalue weighted by atomic mass is 10.1. The highest BCUT2D eigenvalue weighted by Crippen LogP contribution is 2.25. The largest absolute Gasteiger partial charge is 0.373 e. The number of nitrogens with zero attached hydrogens (tertiary/aromatic N) is 6. The van der Waals surface area contributed by atoms with E-state index in [0.717, 1.165) is 69.8 Å². The molecule has 8 heteroatoms. The van der Waals surface area contributed by atoms with Gasteiger partial charge in [0, 0.05) is 46.2 Å². The predicted molar refractivity (Wildman–Crippen MR) is 110 cm³/mol. The van der Waals surface area contributed by atoms with Gasteiger partial charge in [0.15, 0.2) is 11.8 Å². The van der Waals surface area contributed by atoms with E-state index in [2.05, 4.69) is 65.2 Å². The zero-order valence-corrected chi connectivity index (χ0v) is 17.0. The van der Waals surface area contributed by atoms with Gasteiger partial charge in [0.1, 0.15) is 5.82 Å². The fourth-order valence-electron chi connectivity index (χ4n) is 4.78. The number of likely N-dealkylation sites (tertiary alicyclic amines) is 1. The smallest absolute Gasteiger partial charge is 0.194 e. The molecule has 0 aliphatic carbocycles. The van der Waals surface area contributed by atoms with Gasteiger partial charge in [-0.1, -0.05) is 30.3 Å². The molecule has 3 aliphatic rings. The lowest BCUT2D eigenvalue weighted by Crippen LogP contribution is -2.50. The highest BCUT2D eigenvalue weighted by Gasteiger charge is 2.41. The average Bonchev–Trinajstić information content (AvgIpc) is 3.46. The van der Waals surface area contributed by atoms with Crippen LogP contribution in [-0.4, -0.2) is 76.0 Å². The zero-order valence-electron chi connectivity index (χ0n) is 17.0. The normalized spacial score (nSPS) is 24.6. The van der Waals surface area contributed by atoms with Gasteiger partial charge in [-0.25, -0.2) is 0 Å². The number of rotatable bonds is 4. The molecule has 4 heterocycles. The van der Waals surface area contributed by atoms with Gasteiger partial charge in [0.2, 0.25) is 0 Å². The van der Waals surface area contributed by atoms with Crippen LogP contribution in [-0.2, 0) is 30.8 Å². The second kappa shape index (κ2) is 8.12. The standard InChI is InChI=1S/C21H29N7O/c1-22-21(23-12-20-25-24-19-8-5-9-28(19)20)27-14-17-18(15-27)29-11-10-26(17)13-16-6-3-2-4-7-16/h2-4,6-7,17-18H,5,8-15H2,1H3,(H,22,23). The molecule has 0 bridgehead atoms. The molecular weight excluding hydrogens is 366 g/mol. The van der Waals surface area contributed by atoms with Crippen molar-refractivity contribution in [3.05, 3.63) is 47.5 Å². The van der Waals surface area contributed by atoms with Crippen molar-refractivity contribution in [2.24, 2.45) is 4.99 Å². The first-order valence-electron chi connectivity index (χ1n) is 10.6. The molecule has 2 aromatic rings. The number of morpholine rings is 1. The van der Waals surface area contributed by atoms with Gasteiger partial charge in [-0.05, 0) is 12.0 Å². The van der Waals surface area contributed by atoms with E-state index in [9.17, 15) is 0 Å². The number of nitrogens with one attached hydrogen (secondary N) is 1. The summed E-state index contributed by atoms with van der Waals surface area (Å²) in [4.78, 5) is 9.41. The van der Waals surface area contributed by atoms with Crippen LogP contribution in [0.1, 0.15) is 23.6 Å². The summed E-state index contributed by atoms with van der Waals surface area (Å²) >= 11 is 0. The molecular formula is C21H29N7O. The van der Waals surface area contributed by atoms with E-state index in [4.69, 9.17) is 4.74 Å². The molecule has 1 aromatic carbocycles. The van der Waals surface area contributed by atoms with Crippen molar-refractivity contribution in [3.8, 4) is 0 Å². The van der Waals surface area contributed by atoms with Crippen LogP contribution >= 0.6 is 0 Å². The molecule has 5 rings (SSSR count). The lowest BCUT2D eigenvalue weighted by molar-refractivity contribution is -0.0502. The Morgan fingerprint density at radius 2 is 2.10 bits per heavy atom. The first-order valence-corrected chi connectivity index (χ1v) is 10.6. The number of aryl methyl sites for hydroxylation is 1. The first-order chi connectivity index (χ1) is 14.3. The Labute approximate surface area is 171 Å². The van der Waals surface area contributed by atoms with Gasteiger partial charge in [-0.2, -0.15) is 0 Å². The molecule has 1 N–H and O–H groups in total. The molecule has 2 unspecified atom stereocenters. The van der Waals surface area contributed by atoms with Crippen LogP contribution in [0.5, 0.6) is 0 Å². The van der Waals surface area contributed by atoms with E-state index in [0.29, 0.717) is 12.6 Å². The number of aromatic nitrogens is 3. The van der Waals surface area contributed by atoms with Crippen LogP contribution in [0.2, 0.25) is 0 Å². The third-order valence-corrected chi connectivity index (χ3v) is 6.25. The van der Waals surface area contributed by atoms with Crippen LogP contribution < -0.4 is 5.32 Å². The fraction of sp³-hybridized carbons (Fsp3) is 0.571. The van der Waals surface area contributed by atoms with E-state index in [1.165, 1.54) is 5.56 Å². The first kappa shape index (κ1) is 18.6. The topological polar surface area (TPSA) is 70.8 Å². The Morgan fingerprint density at radius 3 is 2.97 bits per heavy atom. The molecule has 2 saturated heterocycles. The minimum Gasteiger partial charge on any atom is -0.373 e. The molecule has 3 aliphatic heterocycles. The number of aliphatic imine (C=N–C) groups is 1. The van der Waals surface area contributed by atoms with Gasteiger partial charge >= 0.3 is 0 Å². The van der Waals surface area contributed by atoms with Crippen LogP contribution in [0.25, 0.3) is 0 Å². The summed E-state index contributed by atoms with van der Waals surface area (Å²) in [6, 6.07) is 11.1. The second-order valence-electron chi connectivity index (χ2n) is 8.03. The van der Waals surface area contributed by atoms with E-state index < -0.39 is 0 Å². The van der Waals surface area contributed by atoms with Gasteiger partial charge < -0.3 is 19.5 Å². The lowest BCUT2D eigenvalue weighted by Gasteiger charge is -2.36. The Balaban J connectivity index is 1.23. The third kappa shape index (κ3) is 3.74. The molecule has 0 amide bonds. The quantitative estimate of drug-likeness (QED) is 0.612. The predicted octanol–water partition coefficient (Wildman–Crippen LogP) is 0.885. The summed E-state index contributed by atoms with van der Waals surface area (Å²) in [6.07, 6.45) is 2.42. The summed E-state index contributed by atoms with van der Waals surface area (Å²) in [5.41, 5.74) is 1.36. The number of fused-ring (bicyclic) bond motifs is 2. The highest BCUT2D eigenvalue weighted by atomic mass is 16.5. The van der Waals surface area contributed by atoms with Gasteiger partial charge in [-0.3, -0.25) is 9.89 Å². The summed E-state index contributed by atoms with van der Waals surface area (Å²) in [7, 11) is 1.85. The Bertz CT molecular complexity index is 865. The fourth-order valence-corrected chi connectivity index (χ4v) is 4.78. The maximum atomic E-state index is 6.11. The summed E-state index contributed by atoms with van der Waals surface area (Å²) in [6.45, 7) is 6.20. The minimum absolute atomic E-state index is 0.225. The van der Waals surface area contributed by atoms with Gasteiger partial charge in [0.25, 0.3) is 0 Å². The number of hydrogen-bond donors (Lipinski definition) is 1. The van der Waals surface area contributed by atoms with Crippen molar-refractivity contribution in [1.82, 2.24) is 29.9 Å². The molecule has 8 nitrogen and oxygen atoms in total. The van der Waals surface area contributed by atoms with Crippen LogP contribution in [0.15, 0.2) is 35.3 Å². The average molecular weight is 396 g/mol. The number of benzene rings is 1. The SMILES string of the molecule is CN=C(NCc1nnc2n1CCC2)N1CC2OCCN(Cc3ccccc3)C2C1. The van der Waals surface area contributed by atoms with E-state index >= 15 is 0 Å². The molecule has 2 atom stereocenters. The van der Waals surface area contributed by atoms with E-state index in [1.807, 2.05) is 7.05 Å². The molecule has 0 saturated carbocycles. The third-order valence-electron chi connectivity index (χ3n) is 6.25. The van der Waals surface area contributed by atoms with Crippen LogP contribution in [0, 0.1) is 0 Å². The van der Waals surface area contributed by atoms with Crippen molar-refractivity contribution in [2.75, 3.05) is 33.3 Å². The van der Waals surface area contributed by atoms with Crippen molar-refractivity contribution in [1.29, 1.82) is 0 Å². The monoisotopic (exact) mass is 395 g/mol. The molecule has 154 valence electrons. The van der Waals surface area contributed by atoms with Gasteiger partial charge in [-0.15, -0.1) is 10.2 Å². The highest BCUT2D eigenvalue weighted by molar-refractivity contribution is 5.80. The molecule has 0 spiro atoms. The molecule has 2 fully saturated rings.